The number of carbonyl (C=O) groups excluding carboxylic acids is 9. The van der Waals surface area contributed by atoms with Crippen LogP contribution in [0.3, 0.4) is 0 Å². The maximum Gasteiger partial charge on any atom is 1.00 e. The molecule has 12 rings (SSSR count). The van der Waals surface area contributed by atoms with E-state index in [-0.39, 0.29) is 263 Å². The van der Waals surface area contributed by atoms with E-state index in [9.17, 15) is 121 Å². The monoisotopic (exact) mass is 2120 g/mol. The second-order valence-electron chi connectivity index (χ2n) is 30.6. The van der Waals surface area contributed by atoms with Gasteiger partial charge in [0.1, 0.15) is 64.8 Å². The zero-order chi connectivity index (χ0) is 102. The molecule has 6 amide bonds. The number of anilines is 3. The number of aryl methyl sites for hydroxylation is 3. The molecule has 3 saturated heterocycles. The maximum atomic E-state index is 14.7. The van der Waals surface area contributed by atoms with E-state index in [1.807, 2.05) is 25.1 Å². The molecule has 0 bridgehead atoms. The standard InChI is InChI=1S/C29H30F4N4O6S.C27H28F4N4O5S.C16H15F4N3O3S.C13H16BrNO3.CH2O3.CH4O.2K.H/c1-18-17-22(37(19(2)38)14-15-43-20(3)39)8-7-21(18)9-16-44(41,42)36-12-10-28(11-13-36)27(40)34-26(35-28)23-5-4-6-24(25(23)30)29(31,32)33;1-17-16-20(35(13-14-36)18(2)37)7-6-19(17)8-15-41(39,40)34-11-9-26(10-12-34)25(38)32-24(33-26)21-4-3-5-22(23(21)28)27(29,30)31;1-2-27(25,26)23-8-6-15(7-9-23)14(24)21-13(22-15)10-4-3-5-11(12(10)17)16(18,19)20;1-9-8-12(4-5-13(9)14)15(10(2)16)6-7-18-11(3)17;2-1-4-3;1-2;;;/h4-9,16-17H,10-15H2,1-3H3,(H,34,35,40);3-8,15-16,36H,9-14H2,1-2H3,(H,32,33,38);2-5H,1,6-9H2,(H,21,22,24);4-5,8H,6-7H2,1-3H3;1,3H;2H,1H3;;;/q;;;;;;2*+1;-1/p-1/b16-9+;15-8+;;;;;;;. The Bertz CT molecular complexity index is 6040. The van der Waals surface area contributed by atoms with Crippen molar-refractivity contribution >= 4 is 147 Å². The number of halogens is 13. The molecule has 740 valence electrons. The molecule has 0 saturated carbocycles. The molecular weight excluding hydrogens is 2030 g/mol. The molecule has 51 heteroatoms. The first kappa shape index (κ1) is 120. The van der Waals surface area contributed by atoms with E-state index in [1.54, 1.807) is 55.1 Å². The Labute approximate surface area is 881 Å². The Morgan fingerprint density at radius 3 is 1.01 bits per heavy atom. The van der Waals surface area contributed by atoms with E-state index in [4.69, 9.17) is 24.6 Å². The van der Waals surface area contributed by atoms with Crippen LogP contribution in [0.2, 0.25) is 0 Å². The predicted octanol–water partition coefficient (Wildman–Crippen LogP) is 3.86. The number of aliphatic hydroxyl groups excluding tert-OH is 2. The number of carbonyl (C=O) groups is 9. The Morgan fingerprint density at radius 1 is 0.493 bits per heavy atom. The van der Waals surface area contributed by atoms with Crippen molar-refractivity contribution in [1.29, 1.82) is 0 Å². The van der Waals surface area contributed by atoms with Crippen molar-refractivity contribution in [2.24, 2.45) is 15.0 Å². The number of nitrogens with zero attached hydrogens (tertiary/aromatic N) is 9. The predicted molar refractivity (Wildman–Crippen MR) is 476 cm³/mol. The van der Waals surface area contributed by atoms with Gasteiger partial charge in [0.2, 0.25) is 47.8 Å². The number of alkyl halides is 9. The second-order valence-corrected chi connectivity index (χ2v) is 36.9. The summed E-state index contributed by atoms with van der Waals surface area (Å²) in [6.07, 6.45) is -12.1. The number of benzene rings is 6. The van der Waals surface area contributed by atoms with Crippen molar-refractivity contribution in [2.45, 2.75) is 129 Å². The molecule has 138 heavy (non-hydrogen) atoms. The van der Waals surface area contributed by atoms with Gasteiger partial charge in [-0.25, -0.2) is 38.4 Å². The number of nitrogens with one attached hydrogen (secondary N) is 3. The molecule has 3 fully saturated rings. The van der Waals surface area contributed by atoms with E-state index >= 15 is 0 Å². The molecule has 6 heterocycles. The van der Waals surface area contributed by atoms with Gasteiger partial charge in [-0.3, -0.25) is 58.1 Å². The van der Waals surface area contributed by atoms with E-state index in [0.717, 1.165) is 84.1 Å². The number of aliphatic hydroxyl groups is 2. The number of sulfonamides is 3. The van der Waals surface area contributed by atoms with Gasteiger partial charge in [0.25, 0.3) is 24.2 Å². The van der Waals surface area contributed by atoms with Crippen molar-refractivity contribution in [2.75, 3.05) is 101 Å². The fourth-order valence-electron chi connectivity index (χ4n) is 14.6. The van der Waals surface area contributed by atoms with Crippen LogP contribution in [0.4, 0.5) is 69.7 Å². The molecule has 0 atom stereocenters. The van der Waals surface area contributed by atoms with Crippen molar-refractivity contribution in [1.82, 2.24) is 28.9 Å². The summed E-state index contributed by atoms with van der Waals surface area (Å²) in [7, 11) is -10.5. The van der Waals surface area contributed by atoms with Gasteiger partial charge in [-0.15, -0.1) is 0 Å². The third-order valence-electron chi connectivity index (χ3n) is 21.7. The largest absolute Gasteiger partial charge is 1.00 e. The van der Waals surface area contributed by atoms with Gasteiger partial charge in [0.15, 0.2) is 0 Å². The summed E-state index contributed by atoms with van der Waals surface area (Å²) in [5, 5.41) is 34.6. The zero-order valence-electron chi connectivity index (χ0n) is 77.1. The minimum absolute atomic E-state index is 0. The van der Waals surface area contributed by atoms with Crippen molar-refractivity contribution in [3.8, 4) is 0 Å². The van der Waals surface area contributed by atoms with E-state index < -0.39 is 140 Å². The summed E-state index contributed by atoms with van der Waals surface area (Å²) in [5.41, 5.74) is -4.57. The number of esters is 2. The summed E-state index contributed by atoms with van der Waals surface area (Å²) in [6, 6.07) is 23.8. The Morgan fingerprint density at radius 2 is 0.768 bits per heavy atom. The molecule has 0 aliphatic carbocycles. The molecule has 0 aromatic heterocycles. The Hall–Kier alpha value is -8.70. The van der Waals surface area contributed by atoms with Crippen molar-refractivity contribution < 1.29 is 255 Å². The van der Waals surface area contributed by atoms with Gasteiger partial charge >= 0.3 is 133 Å². The minimum Gasteiger partial charge on any atom is -1.00 e. The number of ether oxygens (including phenoxy) is 2. The van der Waals surface area contributed by atoms with Crippen molar-refractivity contribution in [3.63, 3.8) is 0 Å². The summed E-state index contributed by atoms with van der Waals surface area (Å²) in [6.45, 7) is 15.6. The van der Waals surface area contributed by atoms with Crippen LogP contribution < -0.4 is 139 Å². The summed E-state index contributed by atoms with van der Waals surface area (Å²) in [5.74, 6) is -8.83. The average molecular weight is 2130 g/mol. The van der Waals surface area contributed by atoms with Gasteiger partial charge in [-0.05, 0) is 178 Å². The first-order valence-corrected chi connectivity index (χ1v) is 46.0. The molecule has 6 aromatic carbocycles. The number of amidine groups is 3. The van der Waals surface area contributed by atoms with Crippen LogP contribution in [0.1, 0.15) is 136 Å². The quantitative estimate of drug-likeness (QED) is 0.0152. The molecule has 5 N–H and O–H groups in total. The summed E-state index contributed by atoms with van der Waals surface area (Å²) in [4.78, 5) is 124. The molecule has 3 spiro atoms. The second kappa shape index (κ2) is 51.3. The van der Waals surface area contributed by atoms with Crippen molar-refractivity contribution in [3.05, 3.63) is 215 Å². The van der Waals surface area contributed by atoms with E-state index in [2.05, 4.69) is 58.3 Å². The van der Waals surface area contributed by atoms with Gasteiger partial charge in [0.05, 0.1) is 53.1 Å². The maximum absolute atomic E-state index is 14.7. The summed E-state index contributed by atoms with van der Waals surface area (Å²) >= 11 is 3.41. The number of piperidine rings is 3. The number of aliphatic imine (C=N–C) groups is 3. The molecular formula is C87H95BrF12K2N12O21S3. The zero-order valence-corrected chi connectivity index (χ0v) is 86.4. The minimum atomic E-state index is -4.93. The topological polar surface area (TPSA) is 440 Å². The Kier molecular flexibility index (Phi) is 44.5. The molecule has 6 aliphatic rings. The normalized spacial score (nSPS) is 16.2. The molecule has 0 unspecified atom stereocenters. The average Bonchev–Trinajstić information content (AvgIpc) is 1.62. The van der Waals surface area contributed by atoms with Crippen LogP contribution in [-0.2, 0) is 106 Å². The van der Waals surface area contributed by atoms with Gasteiger partial charge in [0, 0.05) is 125 Å². The number of hydrogen-bond acceptors (Lipinski definition) is 24. The third-order valence-corrected chi connectivity index (χ3v) is 27.2. The van der Waals surface area contributed by atoms with Crippen LogP contribution in [0.25, 0.3) is 12.2 Å². The first-order valence-electron chi connectivity index (χ1n) is 40.7. The summed E-state index contributed by atoms with van der Waals surface area (Å²) < 4.78 is 251. The Balaban J connectivity index is 0.000000392. The van der Waals surface area contributed by atoms with Gasteiger partial charge in [-0.2, -0.15) is 52.4 Å². The molecule has 33 nitrogen and oxygen atoms in total. The van der Waals surface area contributed by atoms with Gasteiger partial charge in [-0.1, -0.05) is 52.8 Å². The van der Waals surface area contributed by atoms with Crippen LogP contribution in [-0.4, -0.2) is 222 Å². The number of amides is 6. The van der Waals surface area contributed by atoms with E-state index in [1.165, 1.54) is 60.9 Å². The van der Waals surface area contributed by atoms with E-state index in [0.29, 0.717) is 58.4 Å². The number of hydrogen-bond donors (Lipinski definition) is 5. The first-order chi connectivity index (χ1) is 63.5. The smallest absolute Gasteiger partial charge is 1.00 e. The molecule has 6 aliphatic heterocycles. The van der Waals surface area contributed by atoms with Crippen LogP contribution in [0.5, 0.6) is 0 Å². The fourth-order valence-corrected chi connectivity index (χ4v) is 18.1. The molecule has 6 aromatic rings. The number of rotatable bonds is 23. The fraction of sp³-hybridized carbons (Fsp3) is 0.379. The van der Waals surface area contributed by atoms with Crippen LogP contribution >= 0.6 is 15.9 Å². The SMILES string of the molecule is C=CS(=O)(=O)N1CCC2(CC1)N=C(c1cccc(C(F)(F)F)c1F)NC2=O.CC(=O)N(CCO)c1ccc(/C=C/S(=O)(=O)N2CCC3(CC2)N=C(c2cccc(C(F)(F)F)c2F)NC3=O)c(C)c1.CC(=O)OCCN(C(C)=O)c1ccc(/C=C/S(=O)(=O)N2CCC3(CC2)N=C(c2cccc(C(F)(F)F)c2F)NC3=O)c(C)c1.CC(=O)OCCN(C(C)=O)c1ccc(Br)c(C)c1.CO.O=CO[O-].[H-].[K+].[K+]. The molecule has 0 radical (unpaired) electrons. The van der Waals surface area contributed by atoms with Gasteiger partial charge < -0.3 is 61.9 Å². The van der Waals surface area contributed by atoms with Crippen LogP contribution in [0, 0.1) is 38.2 Å². The van der Waals surface area contributed by atoms with Crippen LogP contribution in [0.15, 0.2) is 151 Å². The third kappa shape index (κ3) is 30.9.